The van der Waals surface area contributed by atoms with E-state index < -0.39 is 0 Å². The zero-order valence-corrected chi connectivity index (χ0v) is 26.1. The third-order valence-electron chi connectivity index (χ3n) is 7.53. The maximum atomic E-state index is 13.6. The van der Waals surface area contributed by atoms with Crippen LogP contribution in [0.1, 0.15) is 74.4 Å². The van der Waals surface area contributed by atoms with Crippen LogP contribution in [0.25, 0.3) is 17.0 Å². The molecular weight excluding hydrogens is 510 g/mol. The van der Waals surface area contributed by atoms with Gasteiger partial charge in [-0.15, -0.1) is 0 Å². The molecule has 7 nitrogen and oxygen atoms in total. The lowest BCUT2D eigenvalue weighted by molar-refractivity contribution is 0.102. The Hall–Kier alpha value is -3.42. The molecule has 2 heterocycles. The summed E-state index contributed by atoms with van der Waals surface area (Å²) in [6, 6.07) is 14.1. The molecular formula is C34H47N5O2. The third kappa shape index (κ3) is 8.30. The van der Waals surface area contributed by atoms with Gasteiger partial charge in [-0.3, -0.25) is 9.69 Å². The van der Waals surface area contributed by atoms with E-state index in [0.717, 1.165) is 56.0 Å². The Kier molecular flexibility index (Phi) is 9.10. The molecule has 0 atom stereocenters. The summed E-state index contributed by atoms with van der Waals surface area (Å²) < 4.78 is 5.61. The second-order valence-electron chi connectivity index (χ2n) is 13.7. The minimum Gasteiger partial charge on any atom is -0.382 e. The van der Waals surface area contributed by atoms with E-state index in [4.69, 9.17) is 4.52 Å². The molecule has 220 valence electrons. The van der Waals surface area contributed by atoms with Crippen molar-refractivity contribution in [3.63, 3.8) is 0 Å². The fourth-order valence-corrected chi connectivity index (χ4v) is 4.79. The minimum atomic E-state index is -0.119. The summed E-state index contributed by atoms with van der Waals surface area (Å²) in [5.74, 6) is 0.482. The SMILES string of the molecule is C=C(NCC(C)(C)C)c1cc(-c2cc(NC(=O)c3cc(CN4CCN(C)CC4)cc(C(C)(C)C)c3)ccc2C)no1. The van der Waals surface area contributed by atoms with Gasteiger partial charge in [0.05, 0.1) is 5.70 Å². The summed E-state index contributed by atoms with van der Waals surface area (Å²) in [5.41, 5.74) is 7.12. The van der Waals surface area contributed by atoms with Gasteiger partial charge in [0.15, 0.2) is 5.76 Å². The van der Waals surface area contributed by atoms with Crippen molar-refractivity contribution in [2.75, 3.05) is 45.1 Å². The van der Waals surface area contributed by atoms with Crippen molar-refractivity contribution in [2.45, 2.75) is 60.4 Å². The lowest BCUT2D eigenvalue weighted by atomic mass is 9.85. The van der Waals surface area contributed by atoms with Crippen LogP contribution in [0.4, 0.5) is 5.69 Å². The zero-order valence-electron chi connectivity index (χ0n) is 26.1. The number of likely N-dealkylation sites (N-methyl/N-ethyl adjacent to an activating group) is 1. The van der Waals surface area contributed by atoms with Crippen molar-refractivity contribution in [3.8, 4) is 11.3 Å². The molecule has 4 rings (SSSR count). The molecule has 0 spiro atoms. The average Bonchev–Trinajstić information content (AvgIpc) is 3.39. The Bertz CT molecular complexity index is 1380. The summed E-state index contributed by atoms with van der Waals surface area (Å²) in [4.78, 5) is 18.4. The number of hydrogen-bond acceptors (Lipinski definition) is 6. The van der Waals surface area contributed by atoms with Gasteiger partial charge < -0.3 is 20.1 Å². The highest BCUT2D eigenvalue weighted by Crippen LogP contribution is 2.29. The Morgan fingerprint density at radius 3 is 2.37 bits per heavy atom. The highest BCUT2D eigenvalue weighted by Gasteiger charge is 2.21. The number of rotatable bonds is 8. The van der Waals surface area contributed by atoms with Gasteiger partial charge in [-0.2, -0.15) is 0 Å². The van der Waals surface area contributed by atoms with Gasteiger partial charge in [-0.25, -0.2) is 0 Å². The van der Waals surface area contributed by atoms with Crippen LogP contribution in [0.3, 0.4) is 0 Å². The Morgan fingerprint density at radius 1 is 1.00 bits per heavy atom. The Balaban J connectivity index is 1.53. The molecule has 1 aliphatic rings. The van der Waals surface area contributed by atoms with Crippen LogP contribution in [0.2, 0.25) is 0 Å². The summed E-state index contributed by atoms with van der Waals surface area (Å²) >= 11 is 0. The number of piperazine rings is 1. The van der Waals surface area contributed by atoms with Gasteiger partial charge in [0.1, 0.15) is 5.69 Å². The highest BCUT2D eigenvalue weighted by atomic mass is 16.5. The largest absolute Gasteiger partial charge is 0.382 e. The number of hydrogen-bond donors (Lipinski definition) is 2. The number of aryl methyl sites for hydroxylation is 1. The molecule has 2 N–H and O–H groups in total. The van der Waals surface area contributed by atoms with E-state index in [1.165, 1.54) is 5.56 Å². The van der Waals surface area contributed by atoms with Crippen molar-refractivity contribution < 1.29 is 9.32 Å². The molecule has 41 heavy (non-hydrogen) atoms. The second kappa shape index (κ2) is 12.2. The standard InChI is InChI=1S/C34H47N5O2/c1-23-10-11-28(19-29(23)30-20-31(41-37-30)24(2)35-22-33(3,4)5)36-32(40)26-16-25(17-27(18-26)34(6,7)8)21-39-14-12-38(9)13-15-39/h10-11,16-20,35H,2,12-15,21-22H2,1,3-9H3,(H,36,40). The van der Waals surface area contributed by atoms with Crippen LogP contribution in [0, 0.1) is 12.3 Å². The number of nitrogens with one attached hydrogen (secondary N) is 2. The molecule has 1 fully saturated rings. The van der Waals surface area contributed by atoms with Gasteiger partial charge in [0.2, 0.25) is 0 Å². The molecule has 1 amide bonds. The number of nitrogens with zero attached hydrogens (tertiary/aromatic N) is 3. The van der Waals surface area contributed by atoms with Crippen LogP contribution in [-0.2, 0) is 12.0 Å². The summed E-state index contributed by atoms with van der Waals surface area (Å²) in [6.45, 7) is 25.0. The van der Waals surface area contributed by atoms with E-state index in [9.17, 15) is 4.79 Å². The molecule has 7 heteroatoms. The van der Waals surface area contributed by atoms with Crippen molar-refractivity contribution >= 4 is 17.3 Å². The number of aromatic nitrogens is 1. The topological polar surface area (TPSA) is 73.6 Å². The molecule has 1 aliphatic heterocycles. The molecule has 1 saturated heterocycles. The lowest BCUT2D eigenvalue weighted by Gasteiger charge is -2.32. The van der Waals surface area contributed by atoms with E-state index in [2.05, 4.69) is 86.8 Å². The number of carbonyl (C=O) groups excluding carboxylic acids is 1. The normalized spacial score (nSPS) is 15.1. The third-order valence-corrected chi connectivity index (χ3v) is 7.53. The molecule has 2 aromatic carbocycles. The predicted octanol–water partition coefficient (Wildman–Crippen LogP) is 6.55. The first kappa shape index (κ1) is 30.5. The fourth-order valence-electron chi connectivity index (χ4n) is 4.79. The van der Waals surface area contributed by atoms with Crippen molar-refractivity contribution in [1.29, 1.82) is 0 Å². The number of anilines is 1. The van der Waals surface area contributed by atoms with E-state index in [0.29, 0.717) is 28.4 Å². The first-order valence-corrected chi connectivity index (χ1v) is 14.6. The van der Waals surface area contributed by atoms with Crippen LogP contribution in [0.15, 0.2) is 53.6 Å². The van der Waals surface area contributed by atoms with Crippen molar-refractivity contribution in [3.05, 3.63) is 77.1 Å². The fraction of sp³-hybridized carbons (Fsp3) is 0.471. The van der Waals surface area contributed by atoms with Gasteiger partial charge >= 0.3 is 0 Å². The number of benzene rings is 2. The molecule has 3 aromatic rings. The van der Waals surface area contributed by atoms with E-state index in [-0.39, 0.29) is 16.7 Å². The molecule has 0 unspecified atom stereocenters. The van der Waals surface area contributed by atoms with E-state index in [1.807, 2.05) is 43.3 Å². The zero-order chi connectivity index (χ0) is 29.9. The smallest absolute Gasteiger partial charge is 0.255 e. The first-order chi connectivity index (χ1) is 19.2. The van der Waals surface area contributed by atoms with Crippen LogP contribution in [-0.4, -0.2) is 60.6 Å². The van der Waals surface area contributed by atoms with E-state index in [1.54, 1.807) is 0 Å². The van der Waals surface area contributed by atoms with Gasteiger partial charge in [-0.05, 0) is 65.8 Å². The lowest BCUT2D eigenvalue weighted by Crippen LogP contribution is -2.43. The van der Waals surface area contributed by atoms with Gasteiger partial charge in [0.25, 0.3) is 5.91 Å². The van der Waals surface area contributed by atoms with Crippen LogP contribution < -0.4 is 10.6 Å². The first-order valence-electron chi connectivity index (χ1n) is 14.6. The predicted molar refractivity (Wildman–Crippen MR) is 169 cm³/mol. The maximum Gasteiger partial charge on any atom is 0.255 e. The summed E-state index contributed by atoms with van der Waals surface area (Å²) in [6.07, 6.45) is 0. The van der Waals surface area contributed by atoms with Crippen LogP contribution in [0.5, 0.6) is 0 Å². The molecule has 0 radical (unpaired) electrons. The number of carbonyl (C=O) groups is 1. The van der Waals surface area contributed by atoms with Crippen molar-refractivity contribution in [2.24, 2.45) is 5.41 Å². The molecule has 0 bridgehead atoms. The quantitative estimate of drug-likeness (QED) is 0.327. The van der Waals surface area contributed by atoms with E-state index >= 15 is 0 Å². The van der Waals surface area contributed by atoms with Gasteiger partial charge in [0, 0.05) is 62.1 Å². The highest BCUT2D eigenvalue weighted by molar-refractivity contribution is 6.04. The summed E-state index contributed by atoms with van der Waals surface area (Å²) in [7, 11) is 2.17. The van der Waals surface area contributed by atoms with Gasteiger partial charge in [-0.1, -0.05) is 65.4 Å². The second-order valence-corrected chi connectivity index (χ2v) is 13.7. The average molecular weight is 558 g/mol. The van der Waals surface area contributed by atoms with Crippen molar-refractivity contribution in [1.82, 2.24) is 20.3 Å². The van der Waals surface area contributed by atoms with Crippen LogP contribution >= 0.6 is 0 Å². The molecule has 0 saturated carbocycles. The monoisotopic (exact) mass is 557 g/mol. The maximum absolute atomic E-state index is 13.6. The molecule has 0 aliphatic carbocycles. The Morgan fingerprint density at radius 2 is 1.71 bits per heavy atom. The number of amides is 1. The minimum absolute atomic E-state index is 0.0689. The summed E-state index contributed by atoms with van der Waals surface area (Å²) in [5, 5.41) is 10.8. The Labute approximate surface area is 246 Å². The molecule has 1 aromatic heterocycles.